The first-order chi connectivity index (χ1) is 9.22. The first kappa shape index (κ1) is 12.6. The number of hydrogen-bond acceptors (Lipinski definition) is 2. The Bertz CT molecular complexity index is 633. The summed E-state index contributed by atoms with van der Waals surface area (Å²) in [5, 5.41) is 4.27. The van der Waals surface area contributed by atoms with Gasteiger partial charge in [0.2, 0.25) is 0 Å². The molecule has 0 saturated carbocycles. The molecule has 0 fully saturated rings. The van der Waals surface area contributed by atoms with Gasteiger partial charge in [0.1, 0.15) is 5.69 Å². The van der Waals surface area contributed by atoms with Crippen LogP contribution in [0.5, 0.6) is 0 Å². The third-order valence-electron chi connectivity index (χ3n) is 3.63. The molecule has 0 aliphatic heterocycles. The van der Waals surface area contributed by atoms with E-state index in [4.69, 9.17) is 0 Å². The molecule has 1 aromatic carbocycles. The summed E-state index contributed by atoms with van der Waals surface area (Å²) in [6.07, 6.45) is 3.53. The summed E-state index contributed by atoms with van der Waals surface area (Å²) in [6.45, 7) is 2.86. The highest BCUT2D eigenvalue weighted by Gasteiger charge is 2.34. The van der Waals surface area contributed by atoms with Crippen LogP contribution in [-0.4, -0.2) is 15.6 Å². The lowest BCUT2D eigenvalue weighted by Gasteiger charge is -2.29. The molecule has 0 radical (unpaired) electrons. The van der Waals surface area contributed by atoms with Gasteiger partial charge in [0, 0.05) is 6.54 Å². The summed E-state index contributed by atoms with van der Waals surface area (Å²) < 4.78 is 2.61. The van der Waals surface area contributed by atoms with Gasteiger partial charge in [0.15, 0.2) is 5.78 Å². The number of aromatic nitrogens is 2. The standard InChI is InChI=1S/C15H15BrN2O/c1-2-7-18-14(13(16)9-17-18)15(19)12-8-10-5-3-4-6-11(10)12/h3-6,9,12H,2,7-8H2,1H3. The van der Waals surface area contributed by atoms with Crippen molar-refractivity contribution in [3.05, 3.63) is 51.8 Å². The average molecular weight is 319 g/mol. The highest BCUT2D eigenvalue weighted by Crippen LogP contribution is 2.38. The zero-order chi connectivity index (χ0) is 13.4. The molecular formula is C15H15BrN2O. The highest BCUT2D eigenvalue weighted by molar-refractivity contribution is 9.10. The van der Waals surface area contributed by atoms with Crippen LogP contribution in [0.4, 0.5) is 0 Å². The zero-order valence-corrected chi connectivity index (χ0v) is 12.4. The summed E-state index contributed by atoms with van der Waals surface area (Å²) in [5.41, 5.74) is 3.17. The van der Waals surface area contributed by atoms with Crippen molar-refractivity contribution in [3.63, 3.8) is 0 Å². The molecule has 1 aliphatic rings. The monoisotopic (exact) mass is 318 g/mol. The lowest BCUT2D eigenvalue weighted by atomic mass is 9.74. The molecule has 0 N–H and O–H groups in total. The quantitative estimate of drug-likeness (QED) is 0.808. The summed E-state index contributed by atoms with van der Waals surface area (Å²) in [4.78, 5) is 12.7. The first-order valence-corrected chi connectivity index (χ1v) is 7.35. The average Bonchev–Trinajstić information content (AvgIpc) is 2.72. The smallest absolute Gasteiger partial charge is 0.189 e. The van der Waals surface area contributed by atoms with Crippen LogP contribution < -0.4 is 0 Å². The SMILES string of the molecule is CCCn1ncc(Br)c1C(=O)C1Cc2ccccc21. The third-order valence-corrected chi connectivity index (χ3v) is 4.21. The minimum Gasteiger partial charge on any atom is -0.292 e. The van der Waals surface area contributed by atoms with Gasteiger partial charge in [-0.25, -0.2) is 0 Å². The number of nitrogens with zero attached hydrogens (tertiary/aromatic N) is 2. The molecule has 1 aliphatic carbocycles. The van der Waals surface area contributed by atoms with Gasteiger partial charge in [-0.15, -0.1) is 0 Å². The topological polar surface area (TPSA) is 34.9 Å². The van der Waals surface area contributed by atoms with Crippen molar-refractivity contribution < 1.29 is 4.79 Å². The van der Waals surface area contributed by atoms with Gasteiger partial charge in [-0.05, 0) is 39.9 Å². The Hall–Kier alpha value is -1.42. The number of rotatable bonds is 4. The number of ketones is 1. The number of hydrogen-bond donors (Lipinski definition) is 0. The summed E-state index contributed by atoms with van der Waals surface area (Å²) in [7, 11) is 0. The van der Waals surface area contributed by atoms with Crippen molar-refractivity contribution in [1.82, 2.24) is 9.78 Å². The molecule has 1 atom stereocenters. The normalized spacial score (nSPS) is 16.8. The van der Waals surface area contributed by atoms with Crippen LogP contribution in [0.3, 0.4) is 0 Å². The van der Waals surface area contributed by atoms with Gasteiger partial charge < -0.3 is 0 Å². The fourth-order valence-corrected chi connectivity index (χ4v) is 3.14. The fourth-order valence-electron chi connectivity index (χ4n) is 2.65. The second kappa shape index (κ2) is 4.93. The first-order valence-electron chi connectivity index (χ1n) is 6.55. The van der Waals surface area contributed by atoms with E-state index in [-0.39, 0.29) is 11.7 Å². The van der Waals surface area contributed by atoms with E-state index in [1.54, 1.807) is 6.20 Å². The maximum atomic E-state index is 12.7. The van der Waals surface area contributed by atoms with Crippen molar-refractivity contribution in [2.24, 2.45) is 0 Å². The molecule has 3 rings (SSSR count). The third kappa shape index (κ3) is 2.04. The van der Waals surface area contributed by atoms with Crippen LogP contribution in [0.2, 0.25) is 0 Å². The van der Waals surface area contributed by atoms with E-state index in [0.717, 1.165) is 23.9 Å². The van der Waals surface area contributed by atoms with E-state index in [1.807, 2.05) is 16.8 Å². The van der Waals surface area contributed by atoms with Gasteiger partial charge in [-0.2, -0.15) is 5.10 Å². The highest BCUT2D eigenvalue weighted by atomic mass is 79.9. The molecule has 1 unspecified atom stereocenters. The van der Waals surface area contributed by atoms with Crippen molar-refractivity contribution in [2.75, 3.05) is 0 Å². The molecule has 0 amide bonds. The Morgan fingerprint density at radius 1 is 1.47 bits per heavy atom. The number of Topliss-reactive ketones (excluding diaryl/α,β-unsaturated/α-hetero) is 1. The van der Waals surface area contributed by atoms with Gasteiger partial charge in [0.05, 0.1) is 16.6 Å². The van der Waals surface area contributed by atoms with Crippen LogP contribution in [0.15, 0.2) is 34.9 Å². The zero-order valence-electron chi connectivity index (χ0n) is 10.8. The Morgan fingerprint density at radius 2 is 2.26 bits per heavy atom. The van der Waals surface area contributed by atoms with Gasteiger partial charge in [-0.3, -0.25) is 9.48 Å². The van der Waals surface area contributed by atoms with Crippen LogP contribution in [0.1, 0.15) is 40.9 Å². The van der Waals surface area contributed by atoms with Crippen LogP contribution in [0, 0.1) is 0 Å². The van der Waals surface area contributed by atoms with Crippen molar-refractivity contribution in [1.29, 1.82) is 0 Å². The van der Waals surface area contributed by atoms with Crippen LogP contribution in [0.25, 0.3) is 0 Å². The second-order valence-electron chi connectivity index (χ2n) is 4.88. The largest absolute Gasteiger partial charge is 0.292 e. The maximum absolute atomic E-state index is 12.7. The molecule has 0 saturated heterocycles. The lowest BCUT2D eigenvalue weighted by Crippen LogP contribution is -2.27. The van der Waals surface area contributed by atoms with Crippen LogP contribution in [-0.2, 0) is 13.0 Å². The predicted octanol–water partition coefficient (Wildman–Crippen LogP) is 3.58. The lowest BCUT2D eigenvalue weighted by molar-refractivity contribution is 0.0937. The molecule has 1 aromatic heterocycles. The van der Waals surface area contributed by atoms with Crippen molar-refractivity contribution >= 4 is 21.7 Å². The summed E-state index contributed by atoms with van der Waals surface area (Å²) in [5.74, 6) is 0.177. The molecule has 4 heteroatoms. The summed E-state index contributed by atoms with van der Waals surface area (Å²) in [6, 6.07) is 8.17. The second-order valence-corrected chi connectivity index (χ2v) is 5.74. The van der Waals surface area contributed by atoms with Gasteiger partial charge in [-0.1, -0.05) is 31.2 Å². The van der Waals surface area contributed by atoms with Crippen molar-refractivity contribution in [2.45, 2.75) is 32.2 Å². The molecule has 0 bridgehead atoms. The Morgan fingerprint density at radius 3 is 3.00 bits per heavy atom. The van der Waals surface area contributed by atoms with E-state index >= 15 is 0 Å². The van der Waals surface area contributed by atoms with E-state index in [9.17, 15) is 4.79 Å². The Kier molecular flexibility index (Phi) is 3.27. The number of aryl methyl sites for hydroxylation is 1. The molecule has 19 heavy (non-hydrogen) atoms. The molecule has 98 valence electrons. The van der Waals surface area contributed by atoms with E-state index in [2.05, 4.69) is 40.1 Å². The minimum absolute atomic E-state index is 0.000180. The van der Waals surface area contributed by atoms with Gasteiger partial charge in [0.25, 0.3) is 0 Å². The van der Waals surface area contributed by atoms with E-state index in [1.165, 1.54) is 11.1 Å². The predicted molar refractivity (Wildman–Crippen MR) is 77.4 cm³/mol. The van der Waals surface area contributed by atoms with E-state index in [0.29, 0.717) is 5.69 Å². The number of benzene rings is 1. The number of halogens is 1. The Balaban J connectivity index is 1.92. The molecule has 1 heterocycles. The fraction of sp³-hybridized carbons (Fsp3) is 0.333. The number of carbonyl (C=O) groups is 1. The Labute approximate surface area is 120 Å². The van der Waals surface area contributed by atoms with Crippen LogP contribution >= 0.6 is 15.9 Å². The maximum Gasteiger partial charge on any atom is 0.189 e. The van der Waals surface area contributed by atoms with E-state index < -0.39 is 0 Å². The molecular weight excluding hydrogens is 304 g/mol. The molecule has 3 nitrogen and oxygen atoms in total. The molecule has 0 spiro atoms. The van der Waals surface area contributed by atoms with Crippen molar-refractivity contribution in [3.8, 4) is 0 Å². The summed E-state index contributed by atoms with van der Waals surface area (Å²) >= 11 is 3.45. The number of fused-ring (bicyclic) bond motifs is 1. The van der Waals surface area contributed by atoms with Gasteiger partial charge >= 0.3 is 0 Å². The minimum atomic E-state index is -0.000180. The molecule has 2 aromatic rings. The number of carbonyl (C=O) groups excluding carboxylic acids is 1.